The van der Waals surface area contributed by atoms with Crippen LogP contribution < -0.4 is 4.74 Å². The number of methoxy groups -OCH3 is 1. The normalized spacial score (nSPS) is 28.2. The van der Waals surface area contributed by atoms with E-state index in [0.29, 0.717) is 18.0 Å². The van der Waals surface area contributed by atoms with Gasteiger partial charge in [-0.1, -0.05) is 42.9 Å². The largest absolute Gasteiger partial charge is 0.497 e. The third kappa shape index (κ3) is 5.47. The first kappa shape index (κ1) is 25.3. The van der Waals surface area contributed by atoms with E-state index in [0.717, 1.165) is 57.7 Å². The first-order valence-corrected chi connectivity index (χ1v) is 14.1. The number of fused-ring (bicyclic) bond motifs is 2. The lowest BCUT2D eigenvalue weighted by atomic mass is 9.84. The zero-order chi connectivity index (χ0) is 24.9. The first-order chi connectivity index (χ1) is 17.7. The summed E-state index contributed by atoms with van der Waals surface area (Å²) in [6, 6.07) is 9.90. The fraction of sp³-hybridized carbons (Fsp3) is 0.581. The summed E-state index contributed by atoms with van der Waals surface area (Å²) in [6.45, 7) is 9.03. The van der Waals surface area contributed by atoms with Crippen molar-refractivity contribution in [3.8, 4) is 5.75 Å². The molecule has 0 spiro atoms. The van der Waals surface area contributed by atoms with E-state index in [-0.39, 0.29) is 12.0 Å². The van der Waals surface area contributed by atoms with Crippen molar-refractivity contribution in [3.63, 3.8) is 0 Å². The summed E-state index contributed by atoms with van der Waals surface area (Å²) in [6.07, 6.45) is 18.2. The van der Waals surface area contributed by atoms with Gasteiger partial charge in [-0.3, -0.25) is 14.6 Å². The van der Waals surface area contributed by atoms with Crippen LogP contribution in [0.15, 0.2) is 60.7 Å². The Labute approximate surface area is 217 Å². The highest BCUT2D eigenvalue weighted by atomic mass is 16.5. The molecule has 0 N–H and O–H groups in total. The van der Waals surface area contributed by atoms with E-state index in [2.05, 4.69) is 57.7 Å². The fourth-order valence-electron chi connectivity index (χ4n) is 6.88. The van der Waals surface area contributed by atoms with Gasteiger partial charge in [-0.05, 0) is 68.2 Å². The third-order valence-electron chi connectivity index (χ3n) is 8.69. The SMILES string of the molecule is C=CCN1CCC2CCCC(C1)N2C(C1=CCC(C(=O)N2CCCCC2)C=C1)c1cccc(OC)c1. The number of nitrogens with zero attached hydrogens (tertiary/aromatic N) is 3. The summed E-state index contributed by atoms with van der Waals surface area (Å²) >= 11 is 0. The van der Waals surface area contributed by atoms with Crippen LogP contribution in [0.2, 0.25) is 0 Å². The highest BCUT2D eigenvalue weighted by Crippen LogP contribution is 2.42. The molecule has 3 saturated heterocycles. The van der Waals surface area contributed by atoms with Gasteiger partial charge in [0.05, 0.1) is 19.1 Å². The topological polar surface area (TPSA) is 36.0 Å². The van der Waals surface area contributed by atoms with Crippen molar-refractivity contribution in [1.82, 2.24) is 14.7 Å². The van der Waals surface area contributed by atoms with E-state index in [1.54, 1.807) is 7.11 Å². The van der Waals surface area contributed by atoms with Crippen LogP contribution >= 0.6 is 0 Å². The Morgan fingerprint density at radius 3 is 2.69 bits per heavy atom. The van der Waals surface area contributed by atoms with Gasteiger partial charge in [0.1, 0.15) is 5.75 Å². The molecule has 5 nitrogen and oxygen atoms in total. The Hall–Kier alpha value is -2.37. The number of hydrogen-bond donors (Lipinski definition) is 0. The molecule has 0 aromatic heterocycles. The van der Waals surface area contributed by atoms with Crippen molar-refractivity contribution >= 4 is 5.91 Å². The van der Waals surface area contributed by atoms with Crippen molar-refractivity contribution in [2.24, 2.45) is 5.92 Å². The van der Waals surface area contributed by atoms with Gasteiger partial charge in [0, 0.05) is 44.8 Å². The molecular formula is C31H43N3O2. The van der Waals surface area contributed by atoms with Crippen LogP contribution in [0.3, 0.4) is 0 Å². The van der Waals surface area contributed by atoms with Crippen molar-refractivity contribution in [1.29, 1.82) is 0 Å². The predicted molar refractivity (Wildman–Crippen MR) is 146 cm³/mol. The molecule has 1 amide bonds. The van der Waals surface area contributed by atoms with Crippen molar-refractivity contribution in [3.05, 3.63) is 66.3 Å². The molecule has 2 bridgehead atoms. The standard InChI is InChI=1S/C31H43N3O2/c1-3-18-32-21-17-27-10-8-11-28(23-32)34(27)30(26-9-7-12-29(22-26)36-2)24-13-15-25(16-14-24)31(35)33-19-5-4-6-20-33/h3,7,9,12-15,22,25,27-28,30H,1,4-6,8,10-11,16-21,23H2,2H3. The summed E-state index contributed by atoms with van der Waals surface area (Å²) in [5, 5.41) is 0. The number of hydrogen-bond acceptors (Lipinski definition) is 4. The maximum absolute atomic E-state index is 13.2. The molecule has 4 unspecified atom stereocenters. The van der Waals surface area contributed by atoms with Crippen molar-refractivity contribution in [2.45, 2.75) is 69.5 Å². The second kappa shape index (κ2) is 11.8. The van der Waals surface area contributed by atoms with E-state index < -0.39 is 0 Å². The molecule has 4 aliphatic rings. The van der Waals surface area contributed by atoms with Gasteiger partial charge in [-0.15, -0.1) is 6.58 Å². The van der Waals surface area contributed by atoms with Gasteiger partial charge in [-0.25, -0.2) is 0 Å². The van der Waals surface area contributed by atoms with E-state index in [1.165, 1.54) is 43.2 Å². The number of carbonyl (C=O) groups is 1. The van der Waals surface area contributed by atoms with Gasteiger partial charge in [0.2, 0.25) is 5.91 Å². The van der Waals surface area contributed by atoms with E-state index in [9.17, 15) is 4.79 Å². The minimum atomic E-state index is -0.0236. The Morgan fingerprint density at radius 2 is 1.94 bits per heavy atom. The lowest BCUT2D eigenvalue weighted by Gasteiger charge is -2.46. The summed E-state index contributed by atoms with van der Waals surface area (Å²) in [4.78, 5) is 20.7. The average molecular weight is 490 g/mol. The molecule has 0 saturated carbocycles. The van der Waals surface area contributed by atoms with Gasteiger partial charge in [0.25, 0.3) is 0 Å². The number of rotatable bonds is 7. The van der Waals surface area contributed by atoms with E-state index in [1.807, 2.05) is 12.1 Å². The number of likely N-dealkylation sites (tertiary alicyclic amines) is 1. The molecule has 3 fully saturated rings. The lowest BCUT2D eigenvalue weighted by molar-refractivity contribution is -0.134. The highest BCUT2D eigenvalue weighted by Gasteiger charge is 2.40. The molecule has 4 atom stereocenters. The number of amides is 1. The van der Waals surface area contributed by atoms with Gasteiger partial charge in [0.15, 0.2) is 0 Å². The Morgan fingerprint density at radius 1 is 1.11 bits per heavy atom. The molecule has 1 aromatic carbocycles. The van der Waals surface area contributed by atoms with Crippen LogP contribution in [-0.4, -0.2) is 72.5 Å². The molecule has 5 heteroatoms. The maximum Gasteiger partial charge on any atom is 0.229 e. The summed E-state index contributed by atoms with van der Waals surface area (Å²) in [5.74, 6) is 1.19. The zero-order valence-electron chi connectivity index (χ0n) is 22.0. The average Bonchev–Trinajstić information content (AvgIpc) is 3.02. The zero-order valence-corrected chi connectivity index (χ0v) is 22.0. The molecule has 5 rings (SSSR count). The molecule has 0 radical (unpaired) electrons. The molecule has 3 heterocycles. The molecule has 3 aliphatic heterocycles. The lowest BCUT2D eigenvalue weighted by Crippen LogP contribution is -2.50. The predicted octanol–water partition coefficient (Wildman–Crippen LogP) is 5.37. The second-order valence-corrected chi connectivity index (χ2v) is 11.0. The molecule has 1 aliphatic carbocycles. The Kier molecular flexibility index (Phi) is 8.28. The number of carbonyl (C=O) groups excluding carboxylic acids is 1. The molecule has 194 valence electrons. The highest BCUT2D eigenvalue weighted by molar-refractivity contribution is 5.81. The minimum absolute atomic E-state index is 0.0236. The van der Waals surface area contributed by atoms with E-state index >= 15 is 0 Å². The van der Waals surface area contributed by atoms with Crippen molar-refractivity contribution < 1.29 is 9.53 Å². The number of benzene rings is 1. The van der Waals surface area contributed by atoms with Crippen LogP contribution in [-0.2, 0) is 4.79 Å². The van der Waals surface area contributed by atoms with Crippen LogP contribution in [0, 0.1) is 5.92 Å². The van der Waals surface area contributed by atoms with Crippen LogP contribution in [0.4, 0.5) is 0 Å². The molecule has 1 aromatic rings. The van der Waals surface area contributed by atoms with Crippen LogP contribution in [0.25, 0.3) is 0 Å². The molecular weight excluding hydrogens is 446 g/mol. The smallest absolute Gasteiger partial charge is 0.229 e. The van der Waals surface area contributed by atoms with Crippen LogP contribution in [0.5, 0.6) is 5.75 Å². The summed E-state index contributed by atoms with van der Waals surface area (Å²) < 4.78 is 5.64. The second-order valence-electron chi connectivity index (χ2n) is 11.0. The summed E-state index contributed by atoms with van der Waals surface area (Å²) in [7, 11) is 1.75. The monoisotopic (exact) mass is 489 g/mol. The Bertz CT molecular complexity index is 980. The fourth-order valence-corrected chi connectivity index (χ4v) is 6.88. The van der Waals surface area contributed by atoms with Crippen LogP contribution in [0.1, 0.15) is 63.0 Å². The summed E-state index contributed by atoms with van der Waals surface area (Å²) in [5.41, 5.74) is 2.63. The van der Waals surface area contributed by atoms with Gasteiger partial charge < -0.3 is 9.64 Å². The van der Waals surface area contributed by atoms with Gasteiger partial charge >= 0.3 is 0 Å². The Balaban J connectivity index is 1.44. The van der Waals surface area contributed by atoms with E-state index in [4.69, 9.17) is 4.74 Å². The number of allylic oxidation sites excluding steroid dienone is 1. The number of piperidine rings is 2. The van der Waals surface area contributed by atoms with Crippen molar-refractivity contribution in [2.75, 3.05) is 39.8 Å². The number of ether oxygens (including phenoxy) is 1. The maximum atomic E-state index is 13.2. The minimum Gasteiger partial charge on any atom is -0.497 e. The molecule has 36 heavy (non-hydrogen) atoms. The van der Waals surface area contributed by atoms with Gasteiger partial charge in [-0.2, -0.15) is 0 Å². The quantitative estimate of drug-likeness (QED) is 0.483. The third-order valence-corrected chi connectivity index (χ3v) is 8.69. The first-order valence-electron chi connectivity index (χ1n) is 14.1.